The van der Waals surface area contributed by atoms with Crippen LogP contribution in [-0.4, -0.2) is 45.8 Å². The molecular formula is C9H10O8. The third-order valence-corrected chi connectivity index (χ3v) is 2.57. The first-order valence-corrected chi connectivity index (χ1v) is 4.85. The van der Waals surface area contributed by atoms with Crippen LogP contribution in [0.25, 0.3) is 0 Å². The quantitative estimate of drug-likeness (QED) is 0.480. The van der Waals surface area contributed by atoms with Crippen LogP contribution in [0.5, 0.6) is 0 Å². The molecule has 2 saturated heterocycles. The van der Waals surface area contributed by atoms with Crippen LogP contribution in [0.2, 0.25) is 0 Å². The molecule has 2 heterocycles. The number of aliphatic hydroxyl groups is 2. The van der Waals surface area contributed by atoms with Crippen molar-refractivity contribution in [3.05, 3.63) is 0 Å². The van der Waals surface area contributed by atoms with Crippen LogP contribution in [0.3, 0.4) is 0 Å². The lowest BCUT2D eigenvalue weighted by Gasteiger charge is -2.32. The van der Waals surface area contributed by atoms with Crippen molar-refractivity contribution < 1.29 is 38.8 Å². The molecule has 0 spiro atoms. The summed E-state index contributed by atoms with van der Waals surface area (Å²) in [5.74, 6) is -6.00. The van der Waals surface area contributed by atoms with Gasteiger partial charge in [-0.25, -0.2) is 4.79 Å². The van der Waals surface area contributed by atoms with Crippen LogP contribution < -0.4 is 0 Å². The first-order valence-electron chi connectivity index (χ1n) is 4.85. The molecule has 2 fully saturated rings. The van der Waals surface area contributed by atoms with E-state index in [0.717, 1.165) is 0 Å². The van der Waals surface area contributed by atoms with Crippen LogP contribution >= 0.6 is 0 Å². The van der Waals surface area contributed by atoms with Crippen LogP contribution in [0.4, 0.5) is 0 Å². The fourth-order valence-corrected chi connectivity index (χ4v) is 1.61. The average Bonchev–Trinajstić information content (AvgIpc) is 2.19. The molecule has 2 rings (SSSR count). The number of carbonyl (C=O) groups excluding carboxylic acids is 3. The molecule has 2 aliphatic rings. The lowest BCUT2D eigenvalue weighted by Crippen LogP contribution is -2.54. The highest BCUT2D eigenvalue weighted by Crippen LogP contribution is 2.33. The first-order chi connectivity index (χ1) is 7.75. The van der Waals surface area contributed by atoms with Crippen LogP contribution in [-0.2, 0) is 28.6 Å². The maximum atomic E-state index is 11.5. The van der Waals surface area contributed by atoms with E-state index in [4.69, 9.17) is 0 Å². The minimum atomic E-state index is -2.70. The molecule has 0 aromatic rings. The molecule has 2 aliphatic heterocycles. The van der Waals surface area contributed by atoms with Gasteiger partial charge in [-0.05, 0) is 6.92 Å². The molecule has 0 aromatic carbocycles. The second-order valence-corrected chi connectivity index (χ2v) is 4.01. The molecule has 2 bridgehead atoms. The summed E-state index contributed by atoms with van der Waals surface area (Å²) < 4.78 is 13.6. The number of ether oxygens (including phenoxy) is 3. The third-order valence-electron chi connectivity index (χ3n) is 2.57. The van der Waals surface area contributed by atoms with Gasteiger partial charge in [0.1, 0.15) is 0 Å². The summed E-state index contributed by atoms with van der Waals surface area (Å²) in [7, 11) is 0. The first kappa shape index (κ1) is 11.8. The highest BCUT2D eigenvalue weighted by molar-refractivity contribution is 5.91. The van der Waals surface area contributed by atoms with Gasteiger partial charge in [0.15, 0.2) is 5.60 Å². The molecular weight excluding hydrogens is 236 g/mol. The zero-order valence-electron chi connectivity index (χ0n) is 8.84. The number of esters is 3. The van der Waals surface area contributed by atoms with E-state index in [1.807, 2.05) is 0 Å². The summed E-state index contributed by atoms with van der Waals surface area (Å²) in [5.41, 5.74) is -2.36. The molecule has 0 amide bonds. The summed E-state index contributed by atoms with van der Waals surface area (Å²) in [6.45, 7) is 1.19. The van der Waals surface area contributed by atoms with Gasteiger partial charge in [0.25, 0.3) is 0 Å². The second-order valence-electron chi connectivity index (χ2n) is 4.01. The molecule has 3 atom stereocenters. The van der Waals surface area contributed by atoms with Crippen molar-refractivity contribution in [3.8, 4) is 0 Å². The smallest absolute Gasteiger partial charge is 0.412 e. The van der Waals surface area contributed by atoms with E-state index >= 15 is 0 Å². The molecule has 0 aromatic heterocycles. The van der Waals surface area contributed by atoms with Crippen molar-refractivity contribution in [2.75, 3.05) is 0 Å². The number of fused-ring (bicyclic) bond motifs is 3. The predicted octanol–water partition coefficient (Wildman–Crippen LogP) is -1.81. The Morgan fingerprint density at radius 2 is 1.71 bits per heavy atom. The van der Waals surface area contributed by atoms with E-state index in [-0.39, 0.29) is 0 Å². The molecule has 3 unspecified atom stereocenters. The van der Waals surface area contributed by atoms with Crippen molar-refractivity contribution >= 4 is 17.9 Å². The number of cyclic esters (lactones) is 1. The summed E-state index contributed by atoms with van der Waals surface area (Å²) in [6.07, 6.45) is -2.90. The summed E-state index contributed by atoms with van der Waals surface area (Å²) in [6, 6.07) is 0. The van der Waals surface area contributed by atoms with E-state index in [1.54, 1.807) is 0 Å². The normalized spacial score (nSPS) is 41.8. The number of carbonyl (C=O) groups is 3. The molecule has 0 saturated carbocycles. The van der Waals surface area contributed by atoms with Gasteiger partial charge in [-0.15, -0.1) is 0 Å². The van der Waals surface area contributed by atoms with Gasteiger partial charge in [-0.3, -0.25) is 9.59 Å². The Morgan fingerprint density at radius 1 is 1.12 bits per heavy atom. The Morgan fingerprint density at radius 3 is 2.35 bits per heavy atom. The van der Waals surface area contributed by atoms with Crippen LogP contribution in [0, 0.1) is 0 Å². The predicted molar refractivity (Wildman–Crippen MR) is 46.9 cm³/mol. The van der Waals surface area contributed by atoms with E-state index in [2.05, 4.69) is 14.2 Å². The highest BCUT2D eigenvalue weighted by Gasteiger charge is 2.57. The highest BCUT2D eigenvalue weighted by atomic mass is 16.9. The van der Waals surface area contributed by atoms with Crippen molar-refractivity contribution in [2.45, 2.75) is 37.4 Å². The fourth-order valence-electron chi connectivity index (χ4n) is 1.61. The van der Waals surface area contributed by atoms with Gasteiger partial charge in [0.05, 0.1) is 12.8 Å². The van der Waals surface area contributed by atoms with Gasteiger partial charge in [0, 0.05) is 0 Å². The molecule has 94 valence electrons. The Bertz CT molecular complexity index is 400. The van der Waals surface area contributed by atoms with Crippen molar-refractivity contribution in [3.63, 3.8) is 0 Å². The molecule has 8 nitrogen and oxygen atoms in total. The standard InChI is InChI=1S/C9H10O8/c1-4-9(14)16-6(11)3-8(13,7(12)17-9)2-5(10)15-4/h4,13-14H,2-3H2,1H3. The Labute approximate surface area is 95.1 Å². The van der Waals surface area contributed by atoms with Gasteiger partial charge in [-0.2, -0.15) is 0 Å². The Kier molecular flexibility index (Phi) is 2.37. The lowest BCUT2D eigenvalue weighted by atomic mass is 9.96. The number of hydrogen-bond acceptors (Lipinski definition) is 8. The zero-order valence-corrected chi connectivity index (χ0v) is 8.84. The van der Waals surface area contributed by atoms with Crippen LogP contribution in [0.15, 0.2) is 0 Å². The zero-order chi connectivity index (χ0) is 12.8. The average molecular weight is 246 g/mol. The van der Waals surface area contributed by atoms with E-state index < -0.39 is 48.4 Å². The van der Waals surface area contributed by atoms with E-state index in [9.17, 15) is 24.6 Å². The van der Waals surface area contributed by atoms with Crippen molar-refractivity contribution in [1.29, 1.82) is 0 Å². The number of rotatable bonds is 0. The summed E-state index contributed by atoms with van der Waals surface area (Å²) in [5, 5.41) is 19.6. The topological polar surface area (TPSA) is 119 Å². The van der Waals surface area contributed by atoms with Gasteiger partial charge < -0.3 is 24.4 Å². The van der Waals surface area contributed by atoms with Gasteiger partial charge >= 0.3 is 23.9 Å². The minimum absolute atomic E-state index is 0.735. The summed E-state index contributed by atoms with van der Waals surface area (Å²) >= 11 is 0. The van der Waals surface area contributed by atoms with E-state index in [0.29, 0.717) is 0 Å². The fraction of sp³-hybridized carbons (Fsp3) is 0.667. The molecule has 8 heteroatoms. The van der Waals surface area contributed by atoms with Gasteiger partial charge in [-0.1, -0.05) is 0 Å². The van der Waals surface area contributed by atoms with Crippen molar-refractivity contribution in [1.82, 2.24) is 0 Å². The minimum Gasteiger partial charge on any atom is -0.451 e. The second kappa shape index (κ2) is 3.41. The molecule has 0 radical (unpaired) electrons. The molecule has 2 N–H and O–H groups in total. The van der Waals surface area contributed by atoms with Crippen molar-refractivity contribution in [2.24, 2.45) is 0 Å². The largest absolute Gasteiger partial charge is 0.451 e. The monoisotopic (exact) mass is 246 g/mol. The Balaban J connectivity index is 2.49. The van der Waals surface area contributed by atoms with E-state index in [1.165, 1.54) is 6.92 Å². The summed E-state index contributed by atoms with van der Waals surface area (Å²) in [4.78, 5) is 34.2. The number of hydrogen-bond donors (Lipinski definition) is 2. The Hall–Kier alpha value is -1.67. The molecule has 0 aliphatic carbocycles. The molecule has 17 heavy (non-hydrogen) atoms. The lowest BCUT2D eigenvalue weighted by molar-refractivity contribution is -0.359. The maximum Gasteiger partial charge on any atom is 0.412 e. The third kappa shape index (κ3) is 1.85. The van der Waals surface area contributed by atoms with Gasteiger partial charge in [0.2, 0.25) is 6.10 Å². The van der Waals surface area contributed by atoms with Crippen LogP contribution in [0.1, 0.15) is 19.8 Å². The SMILES string of the molecule is CC1OC(=O)CC2(O)CC(=O)OC1(O)OC2=O. The maximum absolute atomic E-state index is 11.5.